The van der Waals surface area contributed by atoms with E-state index in [1.54, 1.807) is 9.80 Å². The van der Waals surface area contributed by atoms with Gasteiger partial charge in [-0.25, -0.2) is 4.79 Å². The topological polar surface area (TPSA) is 90.4 Å². The summed E-state index contributed by atoms with van der Waals surface area (Å²) < 4.78 is 5.15. The van der Waals surface area contributed by atoms with Crippen molar-refractivity contribution in [1.29, 1.82) is 0 Å². The number of carboxylic acid groups (broad SMARTS) is 1. The summed E-state index contributed by atoms with van der Waals surface area (Å²) in [4.78, 5) is 42.9. The van der Waals surface area contributed by atoms with Crippen molar-refractivity contribution in [2.75, 3.05) is 53.0 Å². The highest BCUT2D eigenvalue weighted by atomic mass is 16.5. The molecule has 3 fully saturated rings. The quantitative estimate of drug-likeness (QED) is 0.792. The highest BCUT2D eigenvalue weighted by Gasteiger charge is 2.45. The summed E-state index contributed by atoms with van der Waals surface area (Å²) in [6, 6.07) is 0.0444. The Morgan fingerprint density at radius 3 is 2.33 bits per heavy atom. The van der Waals surface area contributed by atoms with Gasteiger partial charge in [-0.05, 0) is 38.5 Å². The third kappa shape index (κ3) is 4.20. The smallest absolute Gasteiger partial charge is 0.320 e. The molecule has 0 bridgehead atoms. The van der Waals surface area contributed by atoms with Gasteiger partial charge in [0, 0.05) is 46.4 Å². The molecule has 3 amide bonds. The fraction of sp³-hybridized carbons (Fsp3) is 0.842. The fourth-order valence-corrected chi connectivity index (χ4v) is 4.67. The normalized spacial score (nSPS) is 29.1. The van der Waals surface area contributed by atoms with Crippen LogP contribution in [0.25, 0.3) is 0 Å². The highest BCUT2D eigenvalue weighted by Crippen LogP contribution is 2.32. The third-order valence-corrected chi connectivity index (χ3v) is 6.18. The summed E-state index contributed by atoms with van der Waals surface area (Å²) in [5.74, 6) is -1.16. The lowest BCUT2D eigenvalue weighted by molar-refractivity contribution is -0.160. The van der Waals surface area contributed by atoms with Crippen LogP contribution >= 0.6 is 0 Å². The molecule has 0 saturated carbocycles. The van der Waals surface area contributed by atoms with Crippen molar-refractivity contribution < 1.29 is 24.2 Å². The molecule has 8 heteroatoms. The second kappa shape index (κ2) is 8.46. The van der Waals surface area contributed by atoms with Crippen LogP contribution in [0, 0.1) is 11.3 Å². The molecule has 3 aliphatic heterocycles. The molecule has 3 saturated heterocycles. The minimum atomic E-state index is -1.03. The zero-order chi connectivity index (χ0) is 19.4. The Morgan fingerprint density at radius 2 is 1.67 bits per heavy atom. The van der Waals surface area contributed by atoms with Crippen molar-refractivity contribution in [2.45, 2.75) is 38.5 Å². The zero-order valence-electron chi connectivity index (χ0n) is 16.2. The molecule has 2 atom stereocenters. The van der Waals surface area contributed by atoms with Gasteiger partial charge in [0.2, 0.25) is 5.91 Å². The van der Waals surface area contributed by atoms with Gasteiger partial charge in [-0.2, -0.15) is 0 Å². The second-order valence-electron chi connectivity index (χ2n) is 8.14. The van der Waals surface area contributed by atoms with Crippen molar-refractivity contribution in [3.8, 4) is 0 Å². The fourth-order valence-electron chi connectivity index (χ4n) is 4.67. The van der Waals surface area contributed by atoms with Crippen LogP contribution in [0.2, 0.25) is 0 Å². The lowest BCUT2D eigenvalue weighted by Gasteiger charge is -2.42. The van der Waals surface area contributed by atoms with Gasteiger partial charge in [0.15, 0.2) is 0 Å². The van der Waals surface area contributed by atoms with Gasteiger partial charge in [0.05, 0.1) is 12.5 Å². The average molecular weight is 381 g/mol. The first kappa shape index (κ1) is 19.9. The number of rotatable bonds is 4. The molecule has 3 heterocycles. The molecule has 0 spiro atoms. The molecule has 2 unspecified atom stereocenters. The van der Waals surface area contributed by atoms with E-state index in [-0.39, 0.29) is 31.0 Å². The molecular weight excluding hydrogens is 350 g/mol. The van der Waals surface area contributed by atoms with Gasteiger partial charge in [-0.15, -0.1) is 0 Å². The predicted molar refractivity (Wildman–Crippen MR) is 98.3 cm³/mol. The van der Waals surface area contributed by atoms with Crippen LogP contribution in [0.5, 0.6) is 0 Å². The monoisotopic (exact) mass is 381 g/mol. The van der Waals surface area contributed by atoms with Crippen LogP contribution in [0.3, 0.4) is 0 Å². The van der Waals surface area contributed by atoms with E-state index in [0.29, 0.717) is 32.5 Å². The van der Waals surface area contributed by atoms with Crippen LogP contribution in [0.15, 0.2) is 0 Å². The number of urea groups is 1. The van der Waals surface area contributed by atoms with E-state index < -0.39 is 11.4 Å². The maximum Gasteiger partial charge on any atom is 0.320 e. The Morgan fingerprint density at radius 1 is 1.00 bits per heavy atom. The Kier molecular flexibility index (Phi) is 6.24. The number of ether oxygens (including phenoxy) is 1. The minimum absolute atomic E-state index is 0.0182. The van der Waals surface area contributed by atoms with Gasteiger partial charge < -0.3 is 24.5 Å². The van der Waals surface area contributed by atoms with Crippen LogP contribution in [0.1, 0.15) is 38.5 Å². The molecule has 3 rings (SSSR count). The van der Waals surface area contributed by atoms with Crippen LogP contribution in [-0.2, 0) is 14.3 Å². The maximum atomic E-state index is 13.1. The number of carbonyl (C=O) groups is 3. The first-order valence-corrected chi connectivity index (χ1v) is 10.0. The number of piperidine rings is 2. The summed E-state index contributed by atoms with van der Waals surface area (Å²) in [5.41, 5.74) is -1.03. The van der Waals surface area contributed by atoms with E-state index in [0.717, 1.165) is 38.8 Å². The second-order valence-corrected chi connectivity index (χ2v) is 8.14. The summed E-state index contributed by atoms with van der Waals surface area (Å²) in [6.45, 7) is 3.61. The largest absolute Gasteiger partial charge is 0.481 e. The van der Waals surface area contributed by atoms with Gasteiger partial charge in [0.25, 0.3) is 0 Å². The van der Waals surface area contributed by atoms with E-state index in [4.69, 9.17) is 4.74 Å². The summed E-state index contributed by atoms with van der Waals surface area (Å²) in [7, 11) is 1.49. The molecule has 0 radical (unpaired) electrons. The van der Waals surface area contributed by atoms with Gasteiger partial charge >= 0.3 is 12.0 Å². The lowest BCUT2D eigenvalue weighted by atomic mass is 9.80. The first-order chi connectivity index (χ1) is 13.0. The number of methoxy groups -OCH3 is 1. The summed E-state index contributed by atoms with van der Waals surface area (Å²) in [5, 5.41) is 9.69. The molecule has 0 aliphatic carbocycles. The number of amides is 3. The van der Waals surface area contributed by atoms with Crippen molar-refractivity contribution >= 4 is 17.9 Å². The maximum absolute atomic E-state index is 13.1. The van der Waals surface area contributed by atoms with Crippen LogP contribution < -0.4 is 0 Å². The molecule has 1 N–H and O–H groups in total. The van der Waals surface area contributed by atoms with Gasteiger partial charge in [0.1, 0.15) is 5.41 Å². The average Bonchev–Trinajstić information content (AvgIpc) is 3.22. The molecule has 0 aromatic carbocycles. The van der Waals surface area contributed by atoms with Crippen molar-refractivity contribution in [3.05, 3.63) is 0 Å². The minimum Gasteiger partial charge on any atom is -0.481 e. The lowest BCUT2D eigenvalue weighted by Crippen LogP contribution is -2.55. The Balaban J connectivity index is 1.64. The standard InChI is InChI=1S/C19H31N3O5/c1-27-14-19(17(24)25)7-5-11-22(13-19)16(23)15-6-4-10-21(12-15)18(26)20-8-2-3-9-20/h15H,2-14H2,1H3,(H,24,25). The molecular formula is C19H31N3O5. The summed E-state index contributed by atoms with van der Waals surface area (Å²) in [6.07, 6.45) is 4.84. The van der Waals surface area contributed by atoms with Crippen molar-refractivity contribution in [2.24, 2.45) is 11.3 Å². The van der Waals surface area contributed by atoms with E-state index in [1.165, 1.54) is 7.11 Å². The molecule has 152 valence electrons. The molecule has 3 aliphatic rings. The Labute approximate surface area is 160 Å². The van der Waals surface area contributed by atoms with E-state index in [2.05, 4.69) is 0 Å². The SMILES string of the molecule is COCC1(C(=O)O)CCCN(C(=O)C2CCCN(C(=O)N3CCCC3)C2)C1. The number of nitrogens with zero attached hydrogens (tertiary/aromatic N) is 3. The molecule has 0 aromatic heterocycles. The highest BCUT2D eigenvalue weighted by molar-refractivity contribution is 5.83. The number of likely N-dealkylation sites (tertiary alicyclic amines) is 3. The van der Waals surface area contributed by atoms with Crippen molar-refractivity contribution in [3.63, 3.8) is 0 Å². The molecule has 27 heavy (non-hydrogen) atoms. The number of carbonyl (C=O) groups excluding carboxylic acids is 2. The number of hydrogen-bond donors (Lipinski definition) is 1. The van der Waals surface area contributed by atoms with E-state index in [1.807, 2.05) is 4.90 Å². The van der Waals surface area contributed by atoms with Gasteiger partial charge in [-0.3, -0.25) is 9.59 Å². The number of carboxylic acids is 1. The first-order valence-electron chi connectivity index (χ1n) is 10.0. The zero-order valence-corrected chi connectivity index (χ0v) is 16.2. The van der Waals surface area contributed by atoms with E-state index in [9.17, 15) is 19.5 Å². The molecule has 0 aromatic rings. The molecule has 8 nitrogen and oxygen atoms in total. The predicted octanol–water partition coefficient (Wildman–Crippen LogP) is 1.25. The number of hydrogen-bond acceptors (Lipinski definition) is 4. The Hall–Kier alpha value is -1.83. The third-order valence-electron chi connectivity index (χ3n) is 6.18. The van der Waals surface area contributed by atoms with Gasteiger partial charge in [-0.1, -0.05) is 0 Å². The van der Waals surface area contributed by atoms with Crippen LogP contribution in [0.4, 0.5) is 4.79 Å². The van der Waals surface area contributed by atoms with Crippen molar-refractivity contribution in [1.82, 2.24) is 14.7 Å². The summed E-state index contributed by atoms with van der Waals surface area (Å²) >= 11 is 0. The Bertz CT molecular complexity index is 574. The van der Waals surface area contributed by atoms with Crippen LogP contribution in [-0.4, -0.2) is 90.7 Å². The van der Waals surface area contributed by atoms with E-state index >= 15 is 0 Å². The number of aliphatic carboxylic acids is 1.